The number of halogens is 1. The Kier molecular flexibility index (Phi) is 4.71. The van der Waals surface area contributed by atoms with Crippen molar-refractivity contribution in [3.8, 4) is 17.0 Å². The summed E-state index contributed by atoms with van der Waals surface area (Å²) in [5.41, 5.74) is 4.57. The van der Waals surface area contributed by atoms with Gasteiger partial charge in [0.1, 0.15) is 17.3 Å². The van der Waals surface area contributed by atoms with Crippen LogP contribution in [0.3, 0.4) is 0 Å². The first kappa shape index (κ1) is 19.0. The summed E-state index contributed by atoms with van der Waals surface area (Å²) in [4.78, 5) is 19.2. The molecule has 154 valence electrons. The van der Waals surface area contributed by atoms with Gasteiger partial charge in [0, 0.05) is 30.1 Å². The second-order valence-corrected chi connectivity index (χ2v) is 7.33. The van der Waals surface area contributed by atoms with Gasteiger partial charge in [-0.1, -0.05) is 12.1 Å². The molecule has 1 atom stereocenters. The molecule has 2 aromatic heterocycles. The van der Waals surface area contributed by atoms with Crippen molar-refractivity contribution in [1.82, 2.24) is 20.1 Å². The molecule has 0 aliphatic carbocycles. The van der Waals surface area contributed by atoms with E-state index in [0.717, 1.165) is 28.0 Å². The monoisotopic (exact) mass is 414 g/mol. The number of ether oxygens (including phenoxy) is 1. The van der Waals surface area contributed by atoms with Crippen molar-refractivity contribution in [3.63, 3.8) is 0 Å². The van der Waals surface area contributed by atoms with Gasteiger partial charge in [0.15, 0.2) is 0 Å². The van der Waals surface area contributed by atoms with Crippen LogP contribution in [0.15, 0.2) is 73.1 Å². The van der Waals surface area contributed by atoms with E-state index in [0.29, 0.717) is 17.9 Å². The number of aromatic nitrogens is 3. The molecule has 2 aromatic carbocycles. The molecule has 7 heteroatoms. The second-order valence-electron chi connectivity index (χ2n) is 7.33. The van der Waals surface area contributed by atoms with Crippen molar-refractivity contribution >= 4 is 5.91 Å². The minimum Gasteiger partial charge on any atom is -0.497 e. The van der Waals surface area contributed by atoms with E-state index in [9.17, 15) is 9.18 Å². The molecule has 0 saturated carbocycles. The smallest absolute Gasteiger partial charge is 0.273 e. The zero-order valence-electron chi connectivity index (χ0n) is 16.7. The Morgan fingerprint density at radius 3 is 2.42 bits per heavy atom. The number of aromatic amines is 1. The van der Waals surface area contributed by atoms with E-state index < -0.39 is 6.04 Å². The number of amides is 1. The van der Waals surface area contributed by atoms with E-state index in [1.807, 2.05) is 36.4 Å². The number of methoxy groups -OCH3 is 1. The maximum atomic E-state index is 13.6. The Labute approximate surface area is 178 Å². The molecule has 4 aromatic rings. The van der Waals surface area contributed by atoms with Crippen LogP contribution in [0.5, 0.6) is 5.75 Å². The average Bonchev–Trinajstić information content (AvgIpc) is 3.35. The number of pyridine rings is 1. The summed E-state index contributed by atoms with van der Waals surface area (Å²) in [5.74, 6) is 0.270. The van der Waals surface area contributed by atoms with E-state index in [1.165, 1.54) is 12.1 Å². The Morgan fingerprint density at radius 2 is 1.74 bits per heavy atom. The van der Waals surface area contributed by atoms with Gasteiger partial charge in [-0.05, 0) is 59.7 Å². The molecular weight excluding hydrogens is 395 g/mol. The number of H-pyrrole nitrogens is 1. The molecule has 3 heterocycles. The summed E-state index contributed by atoms with van der Waals surface area (Å²) >= 11 is 0. The first-order chi connectivity index (χ1) is 15.2. The normalized spacial score (nSPS) is 15.2. The molecule has 0 bridgehead atoms. The third-order valence-electron chi connectivity index (χ3n) is 5.52. The zero-order valence-corrected chi connectivity index (χ0v) is 16.7. The van der Waals surface area contributed by atoms with Gasteiger partial charge in [0.05, 0.1) is 18.8 Å². The lowest BCUT2D eigenvalue weighted by Gasteiger charge is -2.26. The van der Waals surface area contributed by atoms with Gasteiger partial charge in [-0.2, -0.15) is 5.10 Å². The number of hydrogen-bond acceptors (Lipinski definition) is 4. The largest absolute Gasteiger partial charge is 0.497 e. The molecule has 5 rings (SSSR count). The number of carbonyl (C=O) groups excluding carboxylic acids is 1. The van der Waals surface area contributed by atoms with Crippen molar-refractivity contribution in [3.05, 3.63) is 101 Å². The number of nitrogens with one attached hydrogen (secondary N) is 1. The number of rotatable bonds is 5. The lowest BCUT2D eigenvalue weighted by Crippen LogP contribution is -2.29. The van der Waals surface area contributed by atoms with Crippen molar-refractivity contribution < 1.29 is 13.9 Å². The van der Waals surface area contributed by atoms with E-state index in [1.54, 1.807) is 36.5 Å². The van der Waals surface area contributed by atoms with Gasteiger partial charge in [-0.25, -0.2) is 4.39 Å². The molecule has 1 N–H and O–H groups in total. The number of carbonyl (C=O) groups is 1. The lowest BCUT2D eigenvalue weighted by molar-refractivity contribution is 0.0730. The van der Waals surface area contributed by atoms with Crippen LogP contribution < -0.4 is 4.74 Å². The Balaban J connectivity index is 1.63. The van der Waals surface area contributed by atoms with Crippen LogP contribution in [-0.4, -0.2) is 33.1 Å². The summed E-state index contributed by atoms with van der Waals surface area (Å²) in [5, 5.41) is 7.38. The third-order valence-corrected chi connectivity index (χ3v) is 5.52. The van der Waals surface area contributed by atoms with Crippen molar-refractivity contribution in [2.24, 2.45) is 0 Å². The predicted octanol–water partition coefficient (Wildman–Crippen LogP) is 4.36. The van der Waals surface area contributed by atoms with E-state index >= 15 is 0 Å². The number of hydrogen-bond donors (Lipinski definition) is 1. The van der Waals surface area contributed by atoms with Gasteiger partial charge in [0.2, 0.25) is 0 Å². The topological polar surface area (TPSA) is 71.1 Å². The second kappa shape index (κ2) is 7.68. The fourth-order valence-corrected chi connectivity index (χ4v) is 4.01. The highest BCUT2D eigenvalue weighted by Gasteiger charge is 2.42. The van der Waals surface area contributed by atoms with E-state index in [4.69, 9.17) is 4.74 Å². The number of nitrogens with zero attached hydrogens (tertiary/aromatic N) is 3. The van der Waals surface area contributed by atoms with E-state index in [2.05, 4.69) is 15.2 Å². The van der Waals surface area contributed by atoms with Crippen LogP contribution in [0.2, 0.25) is 0 Å². The van der Waals surface area contributed by atoms with E-state index in [-0.39, 0.29) is 11.7 Å². The van der Waals surface area contributed by atoms with Crippen LogP contribution in [0.1, 0.15) is 33.2 Å². The Bertz CT molecular complexity index is 1220. The minimum absolute atomic E-state index is 0.145. The average molecular weight is 414 g/mol. The number of benzene rings is 2. The maximum absolute atomic E-state index is 13.6. The van der Waals surface area contributed by atoms with Gasteiger partial charge in [-0.3, -0.25) is 14.9 Å². The fourth-order valence-electron chi connectivity index (χ4n) is 4.01. The van der Waals surface area contributed by atoms with Gasteiger partial charge in [-0.15, -0.1) is 0 Å². The van der Waals surface area contributed by atoms with Crippen molar-refractivity contribution in [2.45, 2.75) is 12.6 Å². The van der Waals surface area contributed by atoms with Gasteiger partial charge in [0.25, 0.3) is 5.91 Å². The highest BCUT2D eigenvalue weighted by atomic mass is 19.1. The van der Waals surface area contributed by atoms with Crippen LogP contribution in [0.4, 0.5) is 4.39 Å². The molecule has 0 radical (unpaired) electrons. The molecule has 1 amide bonds. The molecular formula is C24H19FN4O2. The standard InChI is InChI=1S/C24H19FN4O2/c1-31-19-8-4-16(5-9-19)21-20-22(28-27-21)24(30)29(14-15-10-12-26-13-11-15)23(20)17-2-6-18(25)7-3-17/h2-13,23H,14H2,1H3,(H,27,28). The quantitative estimate of drug-likeness (QED) is 0.527. The maximum Gasteiger partial charge on any atom is 0.273 e. The molecule has 1 aliphatic heterocycles. The minimum atomic E-state index is -0.396. The molecule has 0 fully saturated rings. The van der Waals surface area contributed by atoms with Gasteiger partial charge >= 0.3 is 0 Å². The molecule has 0 spiro atoms. The van der Waals surface area contributed by atoms with Crippen molar-refractivity contribution in [1.29, 1.82) is 0 Å². The molecule has 0 saturated heterocycles. The van der Waals surface area contributed by atoms with Crippen LogP contribution in [-0.2, 0) is 6.54 Å². The van der Waals surface area contributed by atoms with Crippen LogP contribution in [0, 0.1) is 5.82 Å². The Morgan fingerprint density at radius 1 is 1.03 bits per heavy atom. The zero-order chi connectivity index (χ0) is 21.4. The summed E-state index contributed by atoms with van der Waals surface area (Å²) in [7, 11) is 1.61. The number of fused-ring (bicyclic) bond motifs is 1. The first-order valence-electron chi connectivity index (χ1n) is 9.83. The predicted molar refractivity (Wildman–Crippen MR) is 113 cm³/mol. The highest BCUT2D eigenvalue weighted by Crippen LogP contribution is 2.43. The summed E-state index contributed by atoms with van der Waals surface area (Å²) in [6.07, 6.45) is 3.40. The lowest BCUT2D eigenvalue weighted by atomic mass is 9.96. The highest BCUT2D eigenvalue weighted by molar-refractivity contribution is 6.00. The summed E-state index contributed by atoms with van der Waals surface area (Å²) < 4.78 is 18.9. The summed E-state index contributed by atoms with van der Waals surface area (Å²) in [6, 6.07) is 17.1. The first-order valence-corrected chi connectivity index (χ1v) is 9.83. The van der Waals surface area contributed by atoms with Crippen LogP contribution in [0.25, 0.3) is 11.3 Å². The van der Waals surface area contributed by atoms with Crippen molar-refractivity contribution in [2.75, 3.05) is 7.11 Å². The van der Waals surface area contributed by atoms with Crippen LogP contribution >= 0.6 is 0 Å². The third kappa shape index (κ3) is 3.34. The van der Waals surface area contributed by atoms with Gasteiger partial charge < -0.3 is 9.64 Å². The Hall–Kier alpha value is -4.00. The molecule has 6 nitrogen and oxygen atoms in total. The fraction of sp³-hybridized carbons (Fsp3) is 0.125. The molecule has 1 unspecified atom stereocenters. The SMILES string of the molecule is COc1ccc(-c2n[nH]c3c2C(c2ccc(F)cc2)N(Cc2ccncc2)C3=O)cc1. The summed E-state index contributed by atoms with van der Waals surface area (Å²) in [6.45, 7) is 0.397. The molecule has 31 heavy (non-hydrogen) atoms. The molecule has 1 aliphatic rings.